The summed E-state index contributed by atoms with van der Waals surface area (Å²) in [5.74, 6) is 0. The first-order valence-electron chi connectivity index (χ1n) is 4.04. The minimum atomic E-state index is -0.879. The Balaban J connectivity index is 2.54. The average molecular weight is 300 g/mol. The third-order valence-corrected chi connectivity index (χ3v) is 6.61. The molecule has 0 bridgehead atoms. The minimum Gasteiger partial charge on any atom is -0.0721 e. The van der Waals surface area contributed by atoms with Crippen LogP contribution in [0.25, 0.3) is 0 Å². The fourth-order valence-electron chi connectivity index (χ4n) is 1.81. The van der Waals surface area contributed by atoms with Gasteiger partial charge in [-0.3, -0.25) is 0 Å². The van der Waals surface area contributed by atoms with Gasteiger partial charge in [-0.05, 0) is 11.8 Å². The molecule has 1 saturated carbocycles. The van der Waals surface area contributed by atoms with Gasteiger partial charge in [0.2, 0.25) is 0 Å². The quantitative estimate of drug-likeness (QED) is 0.529. The van der Waals surface area contributed by atoms with Gasteiger partial charge in [0.25, 0.3) is 0 Å². The number of hydrogen-bond acceptors (Lipinski definition) is 0. The van der Waals surface area contributed by atoms with Crippen molar-refractivity contribution in [3.63, 3.8) is 0 Å². The Kier molecular flexibility index (Phi) is 2.41. The second kappa shape index (κ2) is 2.58. The highest BCUT2D eigenvalue weighted by molar-refractivity contribution is 9.25. The van der Waals surface area contributed by atoms with Crippen molar-refractivity contribution in [1.82, 2.24) is 0 Å². The molecule has 11 heavy (non-hydrogen) atoms. The molecule has 0 heterocycles. The molecule has 0 aromatic carbocycles. The van der Waals surface area contributed by atoms with Crippen molar-refractivity contribution in [3.05, 3.63) is 0 Å². The van der Waals surface area contributed by atoms with Gasteiger partial charge in [-0.25, -0.2) is 0 Å². The molecule has 0 aromatic rings. The van der Waals surface area contributed by atoms with Crippen LogP contribution in [0.4, 0.5) is 0 Å². The van der Waals surface area contributed by atoms with Crippen LogP contribution in [0.2, 0.25) is 25.7 Å². The molecule has 0 amide bonds. The largest absolute Gasteiger partial charge is 0.0862 e. The molecule has 0 spiro atoms. The summed E-state index contributed by atoms with van der Waals surface area (Å²) in [6.07, 6.45) is 1.28. The zero-order valence-electron chi connectivity index (χ0n) is 7.67. The maximum Gasteiger partial charge on any atom is 0.0862 e. The smallest absolute Gasteiger partial charge is 0.0721 e. The first-order valence-corrected chi connectivity index (χ1v) is 9.34. The van der Waals surface area contributed by atoms with Crippen molar-refractivity contribution in [2.24, 2.45) is 5.41 Å². The molecule has 1 fully saturated rings. The van der Waals surface area contributed by atoms with E-state index in [1.165, 1.54) is 12.5 Å². The van der Waals surface area contributed by atoms with Crippen LogP contribution in [-0.4, -0.2) is 11.3 Å². The molecule has 1 unspecified atom stereocenters. The highest BCUT2D eigenvalue weighted by atomic mass is 79.9. The molecular weight excluding hydrogens is 284 g/mol. The molecule has 0 aromatic heterocycles. The van der Waals surface area contributed by atoms with E-state index < -0.39 is 8.07 Å². The van der Waals surface area contributed by atoms with Crippen molar-refractivity contribution >= 4 is 39.9 Å². The number of alkyl halides is 2. The van der Waals surface area contributed by atoms with Gasteiger partial charge in [0.1, 0.15) is 0 Å². The lowest BCUT2D eigenvalue weighted by Crippen LogP contribution is -2.25. The lowest BCUT2D eigenvalue weighted by molar-refractivity contribution is 0.638. The van der Waals surface area contributed by atoms with E-state index in [1.807, 2.05) is 0 Å². The maximum atomic E-state index is 3.70. The second-order valence-electron chi connectivity index (χ2n) is 5.18. The lowest BCUT2D eigenvalue weighted by atomic mass is 10.2. The van der Waals surface area contributed by atoms with E-state index in [9.17, 15) is 0 Å². The van der Waals surface area contributed by atoms with E-state index in [0.717, 1.165) is 0 Å². The van der Waals surface area contributed by atoms with Crippen LogP contribution in [0.1, 0.15) is 13.3 Å². The molecule has 0 aliphatic heterocycles. The van der Waals surface area contributed by atoms with Crippen LogP contribution in [0.15, 0.2) is 0 Å². The summed E-state index contributed by atoms with van der Waals surface area (Å²) < 4.78 is 0.271. The number of halogens is 2. The summed E-state index contributed by atoms with van der Waals surface area (Å²) in [6, 6.07) is 1.41. The van der Waals surface area contributed by atoms with Gasteiger partial charge in [-0.1, -0.05) is 64.5 Å². The van der Waals surface area contributed by atoms with Crippen molar-refractivity contribution in [3.8, 4) is 0 Å². The molecule has 0 radical (unpaired) electrons. The topological polar surface area (TPSA) is 0 Å². The van der Waals surface area contributed by atoms with Crippen molar-refractivity contribution in [2.75, 3.05) is 0 Å². The Morgan fingerprint density at radius 3 is 1.73 bits per heavy atom. The first-order chi connectivity index (χ1) is 4.66. The SMILES string of the molecule is CC1(C[Si](C)(C)C)CC1(Br)Br. The van der Waals surface area contributed by atoms with E-state index in [2.05, 4.69) is 58.4 Å². The Morgan fingerprint density at radius 1 is 1.27 bits per heavy atom. The molecule has 1 atom stereocenters. The number of rotatable bonds is 2. The molecule has 1 aliphatic carbocycles. The fraction of sp³-hybridized carbons (Fsp3) is 1.00. The zero-order valence-corrected chi connectivity index (χ0v) is 11.8. The summed E-state index contributed by atoms with van der Waals surface area (Å²) in [4.78, 5) is 0. The highest BCUT2D eigenvalue weighted by Gasteiger charge is 2.62. The standard InChI is InChI=1S/C8H16Br2Si/c1-7(5-8(7,9)10)6-11(2,3)4/h5-6H2,1-4H3. The Morgan fingerprint density at radius 2 is 1.64 bits per heavy atom. The molecule has 1 aliphatic rings. The van der Waals surface area contributed by atoms with Crippen LogP contribution < -0.4 is 0 Å². The molecule has 0 saturated heterocycles. The van der Waals surface area contributed by atoms with Gasteiger partial charge in [0.15, 0.2) is 0 Å². The van der Waals surface area contributed by atoms with Gasteiger partial charge >= 0.3 is 0 Å². The van der Waals surface area contributed by atoms with Crippen molar-refractivity contribution in [1.29, 1.82) is 0 Å². The number of hydrogen-bond donors (Lipinski definition) is 0. The van der Waals surface area contributed by atoms with Crippen LogP contribution in [0.5, 0.6) is 0 Å². The van der Waals surface area contributed by atoms with Gasteiger partial charge in [0, 0.05) is 8.07 Å². The maximum absolute atomic E-state index is 3.70. The molecular formula is C8H16Br2Si. The fourth-order valence-corrected chi connectivity index (χ4v) is 6.61. The average Bonchev–Trinajstić information content (AvgIpc) is 1.96. The summed E-state index contributed by atoms with van der Waals surface area (Å²) >= 11 is 7.40. The third-order valence-electron chi connectivity index (χ3n) is 2.29. The molecule has 0 N–H and O–H groups in total. The molecule has 1 rings (SSSR count). The van der Waals surface area contributed by atoms with E-state index in [-0.39, 0.29) is 3.23 Å². The molecule has 3 heteroatoms. The van der Waals surface area contributed by atoms with Crippen molar-refractivity contribution in [2.45, 2.75) is 42.3 Å². The highest BCUT2D eigenvalue weighted by Crippen LogP contribution is 2.69. The summed E-state index contributed by atoms with van der Waals surface area (Å²) in [7, 11) is -0.879. The van der Waals surface area contributed by atoms with Crippen LogP contribution in [-0.2, 0) is 0 Å². The van der Waals surface area contributed by atoms with Crippen LogP contribution in [0.3, 0.4) is 0 Å². The Bertz CT molecular complexity index is 171. The van der Waals surface area contributed by atoms with E-state index >= 15 is 0 Å². The van der Waals surface area contributed by atoms with E-state index in [0.29, 0.717) is 5.41 Å². The summed E-state index contributed by atoms with van der Waals surface area (Å²) in [5.41, 5.74) is 0.525. The Hall–Kier alpha value is 1.18. The van der Waals surface area contributed by atoms with Gasteiger partial charge < -0.3 is 0 Å². The third kappa shape index (κ3) is 2.31. The first kappa shape index (κ1) is 10.3. The Labute approximate surface area is 87.4 Å². The van der Waals surface area contributed by atoms with Crippen molar-refractivity contribution < 1.29 is 0 Å². The second-order valence-corrected chi connectivity index (χ2v) is 14.4. The minimum absolute atomic E-state index is 0.271. The zero-order chi connectivity index (χ0) is 8.91. The predicted octanol–water partition coefficient (Wildman–Crippen LogP) is 4.22. The van der Waals surface area contributed by atoms with Crippen LogP contribution >= 0.6 is 31.9 Å². The monoisotopic (exact) mass is 298 g/mol. The normalized spacial score (nSPS) is 35.5. The summed E-state index contributed by atoms with van der Waals surface area (Å²) in [5, 5.41) is 0. The van der Waals surface area contributed by atoms with Gasteiger partial charge in [-0.2, -0.15) is 0 Å². The van der Waals surface area contributed by atoms with E-state index in [4.69, 9.17) is 0 Å². The van der Waals surface area contributed by atoms with Crippen LogP contribution in [0, 0.1) is 5.41 Å². The molecule has 0 nitrogen and oxygen atoms in total. The predicted molar refractivity (Wildman–Crippen MR) is 61.5 cm³/mol. The lowest BCUT2D eigenvalue weighted by Gasteiger charge is -2.22. The van der Waals surface area contributed by atoms with E-state index in [1.54, 1.807) is 0 Å². The molecule has 66 valence electrons. The van der Waals surface area contributed by atoms with Gasteiger partial charge in [0.05, 0.1) is 3.23 Å². The van der Waals surface area contributed by atoms with Gasteiger partial charge in [-0.15, -0.1) is 0 Å². The summed E-state index contributed by atoms with van der Waals surface area (Å²) in [6.45, 7) is 9.68.